The molecule has 1 saturated heterocycles. The lowest BCUT2D eigenvalue weighted by Crippen LogP contribution is -2.52. The predicted octanol–water partition coefficient (Wildman–Crippen LogP) is 1.51. The molecule has 0 unspecified atom stereocenters. The quantitative estimate of drug-likeness (QED) is 0.711. The number of carbonyl (C=O) groups is 2. The van der Waals surface area contributed by atoms with Gasteiger partial charge < -0.3 is 10.1 Å². The van der Waals surface area contributed by atoms with E-state index in [4.69, 9.17) is 4.74 Å². The molecule has 2 rings (SSSR count). The van der Waals surface area contributed by atoms with Crippen molar-refractivity contribution >= 4 is 11.9 Å². The number of rotatable bonds is 8. The van der Waals surface area contributed by atoms with E-state index in [1.54, 1.807) is 0 Å². The van der Waals surface area contributed by atoms with Crippen LogP contribution in [-0.4, -0.2) is 67.6 Å². The average molecular weight is 361 g/mol. The van der Waals surface area contributed by atoms with Gasteiger partial charge in [-0.25, -0.2) is 4.79 Å². The van der Waals surface area contributed by atoms with Crippen molar-refractivity contribution in [3.05, 3.63) is 35.9 Å². The standard InChI is InChI=1S/C20H31N3O3/c1-4-16(2)19(20(25)26-3)21-18(24)15-23-12-10-22(11-13-23)14-17-8-6-5-7-9-17/h5-9,16,19H,4,10-15H2,1-3H3,(H,21,24)/t16-,19-/m1/s1. The first-order valence-corrected chi connectivity index (χ1v) is 9.39. The highest BCUT2D eigenvalue weighted by atomic mass is 16.5. The fourth-order valence-electron chi connectivity index (χ4n) is 3.17. The molecule has 6 heteroatoms. The molecule has 1 aliphatic rings. The number of carbonyl (C=O) groups excluding carboxylic acids is 2. The molecule has 1 aliphatic heterocycles. The summed E-state index contributed by atoms with van der Waals surface area (Å²) >= 11 is 0. The van der Waals surface area contributed by atoms with Gasteiger partial charge in [0.05, 0.1) is 13.7 Å². The lowest BCUT2D eigenvalue weighted by atomic mass is 9.99. The lowest BCUT2D eigenvalue weighted by Gasteiger charge is -2.34. The van der Waals surface area contributed by atoms with Crippen molar-refractivity contribution in [3.8, 4) is 0 Å². The van der Waals surface area contributed by atoms with Gasteiger partial charge in [-0.05, 0) is 11.5 Å². The Morgan fingerprint density at radius 1 is 1.12 bits per heavy atom. The Bertz CT molecular complexity index is 571. The summed E-state index contributed by atoms with van der Waals surface area (Å²) in [5.74, 6) is -0.438. The highest BCUT2D eigenvalue weighted by Gasteiger charge is 2.27. The van der Waals surface area contributed by atoms with Gasteiger partial charge >= 0.3 is 5.97 Å². The number of hydrogen-bond donors (Lipinski definition) is 1. The predicted molar refractivity (Wildman–Crippen MR) is 102 cm³/mol. The van der Waals surface area contributed by atoms with Crippen LogP contribution in [0.3, 0.4) is 0 Å². The van der Waals surface area contributed by atoms with E-state index in [0.717, 1.165) is 39.1 Å². The van der Waals surface area contributed by atoms with Crippen LogP contribution in [0.1, 0.15) is 25.8 Å². The number of nitrogens with one attached hydrogen (secondary N) is 1. The highest BCUT2D eigenvalue weighted by molar-refractivity contribution is 5.85. The molecule has 0 aliphatic carbocycles. The van der Waals surface area contributed by atoms with Gasteiger partial charge in [0.15, 0.2) is 0 Å². The fraction of sp³-hybridized carbons (Fsp3) is 0.600. The Balaban J connectivity index is 1.77. The number of methoxy groups -OCH3 is 1. The largest absolute Gasteiger partial charge is 0.467 e. The molecule has 0 bridgehead atoms. The number of benzene rings is 1. The molecule has 1 aromatic rings. The van der Waals surface area contributed by atoms with Gasteiger partial charge in [-0.3, -0.25) is 14.6 Å². The van der Waals surface area contributed by atoms with Crippen LogP contribution < -0.4 is 5.32 Å². The second-order valence-electron chi connectivity index (χ2n) is 6.99. The fourth-order valence-corrected chi connectivity index (χ4v) is 3.17. The monoisotopic (exact) mass is 361 g/mol. The van der Waals surface area contributed by atoms with Crippen LogP contribution in [-0.2, 0) is 20.9 Å². The molecular formula is C20H31N3O3. The maximum Gasteiger partial charge on any atom is 0.328 e. The van der Waals surface area contributed by atoms with Crippen LogP contribution in [0.5, 0.6) is 0 Å². The molecule has 2 atom stereocenters. The maximum atomic E-state index is 12.4. The Morgan fingerprint density at radius 3 is 2.31 bits per heavy atom. The Morgan fingerprint density at radius 2 is 1.73 bits per heavy atom. The summed E-state index contributed by atoms with van der Waals surface area (Å²) in [5, 5.41) is 2.85. The minimum atomic E-state index is -0.572. The summed E-state index contributed by atoms with van der Waals surface area (Å²) in [5.41, 5.74) is 1.31. The Labute approximate surface area is 156 Å². The normalized spacial score (nSPS) is 18.1. The molecule has 1 aromatic carbocycles. The molecule has 1 N–H and O–H groups in total. The van der Waals surface area contributed by atoms with Gasteiger partial charge in [0.1, 0.15) is 6.04 Å². The number of piperazine rings is 1. The molecule has 1 amide bonds. The van der Waals surface area contributed by atoms with Gasteiger partial charge in [0.25, 0.3) is 0 Å². The molecule has 144 valence electrons. The van der Waals surface area contributed by atoms with E-state index in [9.17, 15) is 9.59 Å². The van der Waals surface area contributed by atoms with E-state index in [2.05, 4.69) is 39.4 Å². The van der Waals surface area contributed by atoms with Crippen molar-refractivity contribution in [2.45, 2.75) is 32.9 Å². The third-order valence-corrected chi connectivity index (χ3v) is 5.07. The second kappa shape index (κ2) is 10.3. The van der Waals surface area contributed by atoms with E-state index in [1.807, 2.05) is 19.9 Å². The number of amides is 1. The molecule has 0 spiro atoms. The van der Waals surface area contributed by atoms with Gasteiger partial charge in [-0.15, -0.1) is 0 Å². The van der Waals surface area contributed by atoms with Crippen LogP contribution in [0.15, 0.2) is 30.3 Å². The lowest BCUT2D eigenvalue weighted by molar-refractivity contribution is -0.146. The van der Waals surface area contributed by atoms with Crippen molar-refractivity contribution in [2.75, 3.05) is 39.8 Å². The van der Waals surface area contributed by atoms with E-state index < -0.39 is 6.04 Å². The van der Waals surface area contributed by atoms with E-state index >= 15 is 0 Å². The summed E-state index contributed by atoms with van der Waals surface area (Å²) in [7, 11) is 1.36. The SMILES string of the molecule is CC[C@@H](C)[C@@H](NC(=O)CN1CCN(Cc2ccccc2)CC1)C(=O)OC. The van der Waals surface area contributed by atoms with Gasteiger partial charge in [0.2, 0.25) is 5.91 Å². The van der Waals surface area contributed by atoms with Crippen LogP contribution in [0.2, 0.25) is 0 Å². The number of hydrogen-bond acceptors (Lipinski definition) is 5. The summed E-state index contributed by atoms with van der Waals surface area (Å²) in [4.78, 5) is 28.8. The van der Waals surface area contributed by atoms with E-state index in [0.29, 0.717) is 6.54 Å². The number of esters is 1. The molecule has 1 heterocycles. The van der Waals surface area contributed by atoms with Crippen LogP contribution in [0.25, 0.3) is 0 Å². The van der Waals surface area contributed by atoms with Crippen molar-refractivity contribution in [1.29, 1.82) is 0 Å². The molecule has 26 heavy (non-hydrogen) atoms. The summed E-state index contributed by atoms with van der Waals surface area (Å²) in [6, 6.07) is 9.86. The van der Waals surface area contributed by atoms with Crippen LogP contribution in [0.4, 0.5) is 0 Å². The third kappa shape index (κ3) is 6.11. The zero-order valence-corrected chi connectivity index (χ0v) is 16.1. The molecule has 1 fully saturated rings. The first-order valence-electron chi connectivity index (χ1n) is 9.39. The van der Waals surface area contributed by atoms with Gasteiger partial charge in [-0.1, -0.05) is 50.6 Å². The summed E-state index contributed by atoms with van der Waals surface area (Å²) in [6.07, 6.45) is 0.804. The molecule has 0 saturated carbocycles. The van der Waals surface area contributed by atoms with Crippen molar-refractivity contribution < 1.29 is 14.3 Å². The zero-order chi connectivity index (χ0) is 18.9. The zero-order valence-electron chi connectivity index (χ0n) is 16.1. The van der Waals surface area contributed by atoms with Crippen LogP contribution >= 0.6 is 0 Å². The van der Waals surface area contributed by atoms with Crippen molar-refractivity contribution in [2.24, 2.45) is 5.92 Å². The minimum Gasteiger partial charge on any atom is -0.467 e. The molecular weight excluding hydrogens is 330 g/mol. The minimum absolute atomic E-state index is 0.0501. The number of nitrogens with zero attached hydrogens (tertiary/aromatic N) is 2. The average Bonchev–Trinajstić information content (AvgIpc) is 2.67. The Hall–Kier alpha value is -1.92. The van der Waals surface area contributed by atoms with Crippen molar-refractivity contribution in [1.82, 2.24) is 15.1 Å². The molecule has 0 aromatic heterocycles. The highest BCUT2D eigenvalue weighted by Crippen LogP contribution is 2.10. The third-order valence-electron chi connectivity index (χ3n) is 5.07. The summed E-state index contributed by atoms with van der Waals surface area (Å²) < 4.78 is 4.82. The smallest absolute Gasteiger partial charge is 0.328 e. The van der Waals surface area contributed by atoms with E-state index in [1.165, 1.54) is 12.7 Å². The first-order chi connectivity index (χ1) is 12.5. The van der Waals surface area contributed by atoms with Gasteiger partial charge in [0, 0.05) is 32.7 Å². The first kappa shape index (κ1) is 20.4. The van der Waals surface area contributed by atoms with Crippen LogP contribution in [0, 0.1) is 5.92 Å². The van der Waals surface area contributed by atoms with Crippen molar-refractivity contribution in [3.63, 3.8) is 0 Å². The van der Waals surface area contributed by atoms with E-state index in [-0.39, 0.29) is 17.8 Å². The molecule has 0 radical (unpaired) electrons. The topological polar surface area (TPSA) is 61.9 Å². The second-order valence-corrected chi connectivity index (χ2v) is 6.99. The molecule has 6 nitrogen and oxygen atoms in total. The summed E-state index contributed by atoms with van der Waals surface area (Å²) in [6.45, 7) is 8.80. The maximum absolute atomic E-state index is 12.4. The Kier molecular flexibility index (Phi) is 8.06. The number of ether oxygens (including phenoxy) is 1. The van der Waals surface area contributed by atoms with Gasteiger partial charge in [-0.2, -0.15) is 0 Å².